The number of piperazine rings is 1. The lowest BCUT2D eigenvalue weighted by Gasteiger charge is -2.33. The van der Waals surface area contributed by atoms with Gasteiger partial charge in [-0.2, -0.15) is 4.31 Å². The summed E-state index contributed by atoms with van der Waals surface area (Å²) in [6.07, 6.45) is -0.435. The molecular formula is C13H19N3O4S. The van der Waals surface area contributed by atoms with Crippen molar-refractivity contribution in [2.45, 2.75) is 11.8 Å². The molecule has 0 atom stereocenters. The zero-order chi connectivity index (χ0) is 15.6. The number of nitrogens with two attached hydrogens (primary N) is 1. The molecule has 0 spiro atoms. The molecule has 1 aliphatic rings. The van der Waals surface area contributed by atoms with E-state index in [1.165, 1.54) is 22.4 Å². The van der Waals surface area contributed by atoms with Gasteiger partial charge in [-0.15, -0.1) is 0 Å². The lowest BCUT2D eigenvalue weighted by molar-refractivity contribution is 0.108. The van der Waals surface area contributed by atoms with Gasteiger partial charge in [-0.1, -0.05) is 0 Å². The summed E-state index contributed by atoms with van der Waals surface area (Å²) < 4.78 is 31.1. The van der Waals surface area contributed by atoms with Crippen molar-refractivity contribution >= 4 is 21.8 Å². The average Bonchev–Trinajstić information content (AvgIpc) is 2.49. The maximum atomic E-state index is 12.5. The maximum absolute atomic E-state index is 12.5. The van der Waals surface area contributed by atoms with Crippen molar-refractivity contribution < 1.29 is 17.9 Å². The van der Waals surface area contributed by atoms with Gasteiger partial charge in [0.2, 0.25) is 10.0 Å². The largest absolute Gasteiger partial charge is 0.453 e. The molecule has 1 aromatic rings. The molecule has 1 saturated heterocycles. The Hall–Kier alpha value is -1.80. The minimum Gasteiger partial charge on any atom is -0.453 e. The molecule has 116 valence electrons. The van der Waals surface area contributed by atoms with Gasteiger partial charge in [0.05, 0.1) is 12.0 Å². The Bertz CT molecular complexity index is 637. The summed E-state index contributed by atoms with van der Waals surface area (Å²) in [5.74, 6) is 0. The van der Waals surface area contributed by atoms with Gasteiger partial charge in [0.25, 0.3) is 0 Å². The highest BCUT2D eigenvalue weighted by Gasteiger charge is 2.30. The van der Waals surface area contributed by atoms with Crippen LogP contribution in [0.3, 0.4) is 0 Å². The van der Waals surface area contributed by atoms with Gasteiger partial charge in [0, 0.05) is 31.9 Å². The molecule has 0 bridgehead atoms. The average molecular weight is 313 g/mol. The normalized spacial score (nSPS) is 16.8. The monoisotopic (exact) mass is 313 g/mol. The molecule has 2 N–H and O–H groups in total. The topological polar surface area (TPSA) is 92.9 Å². The molecule has 1 heterocycles. The molecular weight excluding hydrogens is 294 g/mol. The number of aryl methyl sites for hydroxylation is 1. The Labute approximate surface area is 124 Å². The Kier molecular flexibility index (Phi) is 4.38. The first-order valence-electron chi connectivity index (χ1n) is 6.55. The minimum absolute atomic E-state index is 0.223. The van der Waals surface area contributed by atoms with Crippen LogP contribution in [0.25, 0.3) is 0 Å². The number of rotatable bonds is 2. The van der Waals surface area contributed by atoms with Crippen molar-refractivity contribution in [1.82, 2.24) is 9.21 Å². The standard InChI is InChI=1S/C13H19N3O4S/c1-10-9-11(3-4-12(10)14)21(18,19)16-7-5-15(6-8-16)13(17)20-2/h3-4,9H,5-8,14H2,1-2H3. The van der Waals surface area contributed by atoms with Crippen LogP contribution in [-0.2, 0) is 14.8 Å². The highest BCUT2D eigenvalue weighted by atomic mass is 32.2. The number of ether oxygens (including phenoxy) is 1. The molecule has 0 aromatic heterocycles. The first-order valence-corrected chi connectivity index (χ1v) is 7.99. The summed E-state index contributed by atoms with van der Waals surface area (Å²) in [6.45, 7) is 2.91. The van der Waals surface area contributed by atoms with E-state index in [9.17, 15) is 13.2 Å². The number of anilines is 1. The van der Waals surface area contributed by atoms with Gasteiger partial charge in [-0.05, 0) is 30.7 Å². The number of sulfonamides is 1. The van der Waals surface area contributed by atoms with Crippen LogP contribution < -0.4 is 5.73 Å². The molecule has 7 nitrogen and oxygen atoms in total. The second-order valence-electron chi connectivity index (χ2n) is 4.88. The highest BCUT2D eigenvalue weighted by Crippen LogP contribution is 2.21. The van der Waals surface area contributed by atoms with Crippen LogP contribution in [0.5, 0.6) is 0 Å². The lowest BCUT2D eigenvalue weighted by atomic mass is 10.2. The van der Waals surface area contributed by atoms with E-state index >= 15 is 0 Å². The van der Waals surface area contributed by atoms with Gasteiger partial charge < -0.3 is 15.4 Å². The Morgan fingerprint density at radius 1 is 1.24 bits per heavy atom. The fourth-order valence-electron chi connectivity index (χ4n) is 2.20. The first-order chi connectivity index (χ1) is 9.86. The van der Waals surface area contributed by atoms with Crippen molar-refractivity contribution in [3.8, 4) is 0 Å². The number of nitrogens with zero attached hydrogens (tertiary/aromatic N) is 2. The summed E-state index contributed by atoms with van der Waals surface area (Å²) in [5.41, 5.74) is 7.00. The second-order valence-corrected chi connectivity index (χ2v) is 6.82. The van der Waals surface area contributed by atoms with Crippen LogP contribution >= 0.6 is 0 Å². The van der Waals surface area contributed by atoms with E-state index in [1.807, 2.05) is 0 Å². The molecule has 8 heteroatoms. The molecule has 1 amide bonds. The van der Waals surface area contributed by atoms with Gasteiger partial charge >= 0.3 is 6.09 Å². The van der Waals surface area contributed by atoms with E-state index in [1.54, 1.807) is 19.1 Å². The van der Waals surface area contributed by atoms with Crippen LogP contribution in [-0.4, -0.2) is 57.0 Å². The minimum atomic E-state index is -3.56. The fraction of sp³-hybridized carbons (Fsp3) is 0.462. The third kappa shape index (κ3) is 3.11. The molecule has 0 saturated carbocycles. The van der Waals surface area contributed by atoms with Crippen molar-refractivity contribution in [2.24, 2.45) is 0 Å². The Morgan fingerprint density at radius 3 is 2.38 bits per heavy atom. The summed E-state index contributed by atoms with van der Waals surface area (Å²) in [5, 5.41) is 0. The van der Waals surface area contributed by atoms with Gasteiger partial charge in [0.15, 0.2) is 0 Å². The van der Waals surface area contributed by atoms with E-state index in [-0.39, 0.29) is 18.0 Å². The SMILES string of the molecule is COC(=O)N1CCN(S(=O)(=O)c2ccc(N)c(C)c2)CC1. The number of hydrogen-bond donors (Lipinski definition) is 1. The van der Waals surface area contributed by atoms with Gasteiger partial charge in [-0.3, -0.25) is 0 Å². The van der Waals surface area contributed by atoms with Crippen LogP contribution in [0.4, 0.5) is 10.5 Å². The molecule has 2 rings (SSSR count). The number of nitrogen functional groups attached to an aromatic ring is 1. The van der Waals surface area contributed by atoms with Crippen LogP contribution in [0.1, 0.15) is 5.56 Å². The predicted octanol–water partition coefficient (Wildman–Crippen LogP) is 0.650. The molecule has 0 aliphatic carbocycles. The molecule has 1 fully saturated rings. The van der Waals surface area contributed by atoms with Crippen molar-refractivity contribution in [2.75, 3.05) is 39.0 Å². The number of hydrogen-bond acceptors (Lipinski definition) is 5. The summed E-state index contributed by atoms with van der Waals surface area (Å²) in [6, 6.07) is 4.66. The van der Waals surface area contributed by atoms with Crippen molar-refractivity contribution in [3.05, 3.63) is 23.8 Å². The van der Waals surface area contributed by atoms with Gasteiger partial charge in [-0.25, -0.2) is 13.2 Å². The summed E-state index contributed by atoms with van der Waals surface area (Å²) in [7, 11) is -2.25. The molecule has 21 heavy (non-hydrogen) atoms. The van der Waals surface area contributed by atoms with Crippen LogP contribution in [0.2, 0.25) is 0 Å². The van der Waals surface area contributed by atoms with E-state index in [0.29, 0.717) is 18.8 Å². The quantitative estimate of drug-likeness (QED) is 0.809. The number of carbonyl (C=O) groups excluding carboxylic acids is 1. The zero-order valence-corrected chi connectivity index (χ0v) is 12.9. The summed E-state index contributed by atoms with van der Waals surface area (Å²) in [4.78, 5) is 13.1. The molecule has 0 radical (unpaired) electrons. The van der Waals surface area contributed by atoms with E-state index < -0.39 is 16.1 Å². The second kappa shape index (κ2) is 5.90. The Morgan fingerprint density at radius 2 is 1.86 bits per heavy atom. The predicted molar refractivity (Wildman–Crippen MR) is 78.3 cm³/mol. The third-order valence-electron chi connectivity index (χ3n) is 3.55. The van der Waals surface area contributed by atoms with Crippen LogP contribution in [0, 0.1) is 6.92 Å². The maximum Gasteiger partial charge on any atom is 0.409 e. The number of amides is 1. The van der Waals surface area contributed by atoms with Gasteiger partial charge in [0.1, 0.15) is 0 Å². The smallest absolute Gasteiger partial charge is 0.409 e. The number of carbonyl (C=O) groups is 1. The molecule has 1 aliphatic heterocycles. The first kappa shape index (κ1) is 15.6. The van der Waals surface area contributed by atoms with Crippen molar-refractivity contribution in [3.63, 3.8) is 0 Å². The summed E-state index contributed by atoms with van der Waals surface area (Å²) >= 11 is 0. The van der Waals surface area contributed by atoms with E-state index in [2.05, 4.69) is 4.74 Å². The zero-order valence-electron chi connectivity index (χ0n) is 12.1. The van der Waals surface area contributed by atoms with Crippen LogP contribution in [0.15, 0.2) is 23.1 Å². The highest BCUT2D eigenvalue weighted by molar-refractivity contribution is 7.89. The Balaban J connectivity index is 2.14. The third-order valence-corrected chi connectivity index (χ3v) is 5.45. The number of benzene rings is 1. The number of methoxy groups -OCH3 is 1. The molecule has 1 aromatic carbocycles. The van der Waals surface area contributed by atoms with Crippen molar-refractivity contribution in [1.29, 1.82) is 0 Å². The van der Waals surface area contributed by atoms with E-state index in [4.69, 9.17) is 5.73 Å². The fourth-order valence-corrected chi connectivity index (χ4v) is 3.71. The van der Waals surface area contributed by atoms with E-state index in [0.717, 1.165) is 5.56 Å². The molecule has 0 unspecified atom stereocenters. The lowest BCUT2D eigenvalue weighted by Crippen LogP contribution is -2.50.